The Morgan fingerprint density at radius 3 is 2.42 bits per heavy atom. The van der Waals surface area contributed by atoms with Crippen LogP contribution < -0.4 is 14.4 Å². The first-order valence-electron chi connectivity index (χ1n) is 9.24. The van der Waals surface area contributed by atoms with Crippen molar-refractivity contribution in [2.24, 2.45) is 5.92 Å². The maximum Gasteiger partial charge on any atom is 0.324 e. The molecule has 0 radical (unpaired) electrons. The van der Waals surface area contributed by atoms with Crippen LogP contribution in [0.25, 0.3) is 0 Å². The maximum absolute atomic E-state index is 7.97. The topological polar surface area (TPSA) is 93.1 Å². The lowest BCUT2D eigenvalue weighted by Crippen LogP contribution is -2.38. The molecule has 0 aliphatic carbocycles. The molecule has 2 aromatic heterocycles. The fourth-order valence-electron chi connectivity index (χ4n) is 3.09. The van der Waals surface area contributed by atoms with Crippen LogP contribution in [0.3, 0.4) is 0 Å². The van der Waals surface area contributed by atoms with E-state index in [4.69, 9.17) is 14.7 Å². The van der Waals surface area contributed by atoms with Crippen molar-refractivity contribution in [2.75, 3.05) is 18.0 Å². The molecule has 144 valence electrons. The Labute approximate surface area is 157 Å². The molecule has 1 aliphatic heterocycles. The molecule has 1 saturated heterocycles. The third kappa shape index (κ3) is 4.08. The van der Waals surface area contributed by atoms with E-state index in [0.29, 0.717) is 21.9 Å². The summed E-state index contributed by atoms with van der Waals surface area (Å²) in [5.74, 6) is 1.48. The van der Waals surface area contributed by atoms with Gasteiger partial charge in [-0.25, -0.2) is 4.68 Å². The molecule has 1 atom stereocenters. The molecule has 0 amide bonds. The lowest BCUT2D eigenvalue weighted by atomic mass is 9.92. The third-order valence-electron chi connectivity index (χ3n) is 4.78. The lowest BCUT2D eigenvalue weighted by molar-refractivity contribution is 0.129. The summed E-state index contributed by atoms with van der Waals surface area (Å²) >= 11 is 1.29. The van der Waals surface area contributed by atoms with Crippen LogP contribution in [0.1, 0.15) is 65.2 Å². The second kappa shape index (κ2) is 7.77. The molecular weight excluding hydrogens is 352 g/mol. The third-order valence-corrected chi connectivity index (χ3v) is 5.51. The second-order valence-electron chi connectivity index (χ2n) is 7.45. The van der Waals surface area contributed by atoms with E-state index in [-0.39, 0.29) is 18.1 Å². The van der Waals surface area contributed by atoms with Crippen LogP contribution in [0, 0.1) is 11.3 Å². The summed E-state index contributed by atoms with van der Waals surface area (Å²) in [4.78, 5) is 7.06. The average molecular weight is 381 g/mol. The largest absolute Gasteiger partial charge is 0.466 e. The standard InChI is InChI=1S/C17H28N6O2S/c1-10(2)14-19-16(25-21-14)22-8-6-13(7-9-22)12(5)24-17-20-23(11(3)4)15(18)26-17/h10-13,18H,6-9H2,1-5H3/t12-/m1/s1. The number of hydrogen-bond donors (Lipinski definition) is 1. The van der Waals surface area contributed by atoms with E-state index in [1.807, 2.05) is 13.8 Å². The molecule has 0 bridgehead atoms. The monoisotopic (exact) mass is 380 g/mol. The van der Waals surface area contributed by atoms with Gasteiger partial charge in [0.1, 0.15) is 6.10 Å². The van der Waals surface area contributed by atoms with Crippen molar-refractivity contribution < 1.29 is 9.26 Å². The first kappa shape index (κ1) is 18.9. The summed E-state index contributed by atoms with van der Waals surface area (Å²) in [6.45, 7) is 12.0. The Kier molecular flexibility index (Phi) is 5.64. The van der Waals surface area contributed by atoms with E-state index in [9.17, 15) is 0 Å². The van der Waals surface area contributed by atoms with E-state index >= 15 is 0 Å². The van der Waals surface area contributed by atoms with E-state index < -0.39 is 0 Å². The Morgan fingerprint density at radius 1 is 1.19 bits per heavy atom. The fourth-order valence-corrected chi connectivity index (χ4v) is 3.92. The Bertz CT molecular complexity index is 772. The number of nitrogens with one attached hydrogen (secondary N) is 1. The number of ether oxygens (including phenoxy) is 1. The van der Waals surface area contributed by atoms with E-state index in [1.54, 1.807) is 4.68 Å². The molecule has 1 aliphatic rings. The lowest BCUT2D eigenvalue weighted by Gasteiger charge is -2.33. The normalized spacial score (nSPS) is 17.3. The first-order chi connectivity index (χ1) is 12.3. The highest BCUT2D eigenvalue weighted by Crippen LogP contribution is 2.27. The van der Waals surface area contributed by atoms with Crippen molar-refractivity contribution in [1.82, 2.24) is 19.9 Å². The van der Waals surface area contributed by atoms with Crippen molar-refractivity contribution >= 4 is 17.4 Å². The predicted octanol–water partition coefficient (Wildman–Crippen LogP) is 3.20. The number of piperidine rings is 1. The highest BCUT2D eigenvalue weighted by molar-refractivity contribution is 7.10. The van der Waals surface area contributed by atoms with Gasteiger partial charge < -0.3 is 14.2 Å². The van der Waals surface area contributed by atoms with Gasteiger partial charge in [-0.15, -0.1) is 5.10 Å². The predicted molar refractivity (Wildman–Crippen MR) is 99.8 cm³/mol. The molecule has 8 nitrogen and oxygen atoms in total. The molecule has 9 heteroatoms. The van der Waals surface area contributed by atoms with Gasteiger partial charge in [-0.2, -0.15) is 4.98 Å². The number of aromatic nitrogens is 4. The quantitative estimate of drug-likeness (QED) is 0.827. The van der Waals surface area contributed by atoms with Crippen LogP contribution in [0.2, 0.25) is 0 Å². The fraction of sp³-hybridized carbons (Fsp3) is 0.765. The van der Waals surface area contributed by atoms with Crippen molar-refractivity contribution in [1.29, 1.82) is 5.41 Å². The highest BCUT2D eigenvalue weighted by atomic mass is 32.1. The summed E-state index contributed by atoms with van der Waals surface area (Å²) in [5.41, 5.74) is 0. The molecule has 0 saturated carbocycles. The molecule has 3 heterocycles. The number of nitrogens with zero attached hydrogens (tertiary/aromatic N) is 5. The zero-order chi connectivity index (χ0) is 18.8. The van der Waals surface area contributed by atoms with Gasteiger partial charge in [0.2, 0.25) is 4.80 Å². The molecular formula is C17H28N6O2S. The summed E-state index contributed by atoms with van der Waals surface area (Å²) in [5, 5.41) is 17.0. The van der Waals surface area contributed by atoms with Gasteiger partial charge in [-0.1, -0.05) is 19.0 Å². The van der Waals surface area contributed by atoms with E-state index in [2.05, 4.69) is 40.9 Å². The molecule has 0 unspecified atom stereocenters. The molecule has 1 N–H and O–H groups in total. The number of rotatable bonds is 6. The minimum absolute atomic E-state index is 0.0669. The maximum atomic E-state index is 7.97. The highest BCUT2D eigenvalue weighted by Gasteiger charge is 2.28. The van der Waals surface area contributed by atoms with E-state index in [0.717, 1.165) is 31.8 Å². The molecule has 0 aromatic carbocycles. The Balaban J connectivity index is 1.55. The zero-order valence-corrected chi connectivity index (χ0v) is 16.9. The van der Waals surface area contributed by atoms with E-state index in [1.165, 1.54) is 11.3 Å². The summed E-state index contributed by atoms with van der Waals surface area (Å²) in [6, 6.07) is 0.789. The summed E-state index contributed by atoms with van der Waals surface area (Å²) < 4.78 is 13.1. The van der Waals surface area contributed by atoms with Gasteiger partial charge in [0, 0.05) is 25.0 Å². The molecule has 26 heavy (non-hydrogen) atoms. The van der Waals surface area contributed by atoms with Gasteiger partial charge >= 0.3 is 6.01 Å². The van der Waals surface area contributed by atoms with Crippen molar-refractivity contribution in [2.45, 2.75) is 65.5 Å². The average Bonchev–Trinajstić information content (AvgIpc) is 3.22. The summed E-state index contributed by atoms with van der Waals surface area (Å²) in [7, 11) is 0. The van der Waals surface area contributed by atoms with Crippen LogP contribution in [0.5, 0.6) is 5.19 Å². The van der Waals surface area contributed by atoms with Gasteiger partial charge in [-0.3, -0.25) is 5.41 Å². The van der Waals surface area contributed by atoms with Crippen LogP contribution in [0.15, 0.2) is 4.52 Å². The van der Waals surface area contributed by atoms with Gasteiger partial charge in [0.15, 0.2) is 5.82 Å². The van der Waals surface area contributed by atoms with Gasteiger partial charge in [0.05, 0.1) is 0 Å². The van der Waals surface area contributed by atoms with Crippen molar-refractivity contribution in [3.05, 3.63) is 10.6 Å². The molecule has 1 fully saturated rings. The van der Waals surface area contributed by atoms with Crippen LogP contribution in [0.4, 0.5) is 6.01 Å². The minimum Gasteiger partial charge on any atom is -0.466 e. The number of hydrogen-bond acceptors (Lipinski definition) is 8. The molecule has 0 spiro atoms. The zero-order valence-electron chi connectivity index (χ0n) is 16.1. The molecule has 3 rings (SSSR count). The molecule has 2 aromatic rings. The SMILES string of the molecule is CC(C)c1noc(N2CCC([C@@H](C)Oc3nn(C(C)C)c(=N)s3)CC2)n1. The van der Waals surface area contributed by atoms with Gasteiger partial charge in [0.25, 0.3) is 5.19 Å². The minimum atomic E-state index is 0.0669. The first-order valence-corrected chi connectivity index (χ1v) is 10.1. The Hall–Kier alpha value is -1.90. The Morgan fingerprint density at radius 2 is 1.88 bits per heavy atom. The second-order valence-corrected chi connectivity index (χ2v) is 8.39. The smallest absolute Gasteiger partial charge is 0.324 e. The van der Waals surface area contributed by atoms with Crippen LogP contribution in [-0.4, -0.2) is 39.1 Å². The van der Waals surface area contributed by atoms with Crippen LogP contribution >= 0.6 is 11.3 Å². The van der Waals surface area contributed by atoms with Crippen molar-refractivity contribution in [3.63, 3.8) is 0 Å². The van der Waals surface area contributed by atoms with Gasteiger partial charge in [-0.05, 0) is 50.9 Å². The summed E-state index contributed by atoms with van der Waals surface area (Å²) in [6.07, 6.45) is 2.07. The number of anilines is 1. The van der Waals surface area contributed by atoms with Crippen molar-refractivity contribution in [3.8, 4) is 5.19 Å². The van der Waals surface area contributed by atoms with Crippen LogP contribution in [-0.2, 0) is 0 Å².